The monoisotopic (exact) mass is 434 g/mol. The van der Waals surface area contributed by atoms with E-state index in [4.69, 9.17) is 0 Å². The number of anilines is 1. The standard InChI is InChI=1S/C27H26N6/c1-18-14-30-17-32-25(18)19(2)26(29-6)33-24-13-22(15-31-20(24)3)11-10-21-8-7-9-23(12-21)27(4,5)16-28/h7-9,12-15,17H,2H2,1,3-6H3,(H,29,33). The molecule has 0 spiro atoms. The lowest BCUT2D eigenvalue weighted by Gasteiger charge is -2.15. The average Bonchev–Trinajstić information content (AvgIpc) is 2.82. The molecule has 0 aliphatic carbocycles. The van der Waals surface area contributed by atoms with E-state index in [1.807, 2.05) is 58.0 Å². The number of nitriles is 1. The van der Waals surface area contributed by atoms with Crippen molar-refractivity contribution in [1.29, 1.82) is 5.26 Å². The molecule has 0 atom stereocenters. The van der Waals surface area contributed by atoms with Crippen LogP contribution in [0.5, 0.6) is 0 Å². The van der Waals surface area contributed by atoms with Crippen LogP contribution in [0, 0.1) is 37.0 Å². The Morgan fingerprint density at radius 3 is 2.55 bits per heavy atom. The van der Waals surface area contributed by atoms with Crippen molar-refractivity contribution in [1.82, 2.24) is 15.0 Å². The number of aromatic nitrogens is 3. The molecular weight excluding hydrogens is 408 g/mol. The van der Waals surface area contributed by atoms with Gasteiger partial charge in [0.05, 0.1) is 28.6 Å². The number of rotatable bonds is 4. The highest BCUT2D eigenvalue weighted by Crippen LogP contribution is 2.23. The van der Waals surface area contributed by atoms with Crippen LogP contribution in [0.15, 0.2) is 60.6 Å². The third kappa shape index (κ3) is 5.50. The lowest BCUT2D eigenvalue weighted by atomic mass is 9.85. The Hall–Kier alpha value is -4.29. The molecule has 2 heterocycles. The van der Waals surface area contributed by atoms with Crippen LogP contribution in [-0.2, 0) is 5.41 Å². The SMILES string of the molecule is C=C(C(=NC)Nc1cc(C#Cc2cccc(C(C)(C)C#N)c2)cnc1C)c1ncncc1C. The fourth-order valence-corrected chi connectivity index (χ4v) is 3.14. The molecule has 0 aliphatic rings. The first-order valence-electron chi connectivity index (χ1n) is 10.5. The lowest BCUT2D eigenvalue weighted by Crippen LogP contribution is -2.16. The maximum Gasteiger partial charge on any atom is 0.134 e. The Morgan fingerprint density at radius 2 is 1.85 bits per heavy atom. The van der Waals surface area contributed by atoms with Gasteiger partial charge in [0.25, 0.3) is 0 Å². The molecule has 6 heteroatoms. The van der Waals surface area contributed by atoms with E-state index in [9.17, 15) is 5.26 Å². The number of hydrogen-bond acceptors (Lipinski definition) is 5. The van der Waals surface area contributed by atoms with Crippen LogP contribution in [0.4, 0.5) is 5.69 Å². The van der Waals surface area contributed by atoms with Crippen LogP contribution >= 0.6 is 0 Å². The highest BCUT2D eigenvalue weighted by molar-refractivity contribution is 6.27. The van der Waals surface area contributed by atoms with Crippen LogP contribution in [0.2, 0.25) is 0 Å². The Balaban J connectivity index is 1.87. The zero-order chi connectivity index (χ0) is 24.0. The lowest BCUT2D eigenvalue weighted by molar-refractivity contribution is 0.686. The minimum atomic E-state index is -0.569. The summed E-state index contributed by atoms with van der Waals surface area (Å²) in [6.07, 6.45) is 4.98. The van der Waals surface area contributed by atoms with E-state index in [1.54, 1.807) is 19.4 Å². The zero-order valence-electron chi connectivity index (χ0n) is 19.6. The van der Waals surface area contributed by atoms with Gasteiger partial charge in [-0.15, -0.1) is 0 Å². The predicted molar refractivity (Wildman–Crippen MR) is 133 cm³/mol. The molecule has 6 nitrogen and oxygen atoms in total. The van der Waals surface area contributed by atoms with Gasteiger partial charge in [0.1, 0.15) is 12.2 Å². The number of amidine groups is 1. The van der Waals surface area contributed by atoms with Gasteiger partial charge >= 0.3 is 0 Å². The van der Waals surface area contributed by atoms with Crippen molar-refractivity contribution in [3.63, 3.8) is 0 Å². The van der Waals surface area contributed by atoms with Crippen molar-refractivity contribution in [3.05, 3.63) is 89.3 Å². The van der Waals surface area contributed by atoms with E-state index < -0.39 is 5.41 Å². The van der Waals surface area contributed by atoms with Crippen molar-refractivity contribution in [2.45, 2.75) is 33.1 Å². The summed E-state index contributed by atoms with van der Waals surface area (Å²) in [6, 6.07) is 12.0. The van der Waals surface area contributed by atoms with Gasteiger partial charge in [-0.1, -0.05) is 30.6 Å². The normalized spacial score (nSPS) is 11.2. The second-order valence-electron chi connectivity index (χ2n) is 8.15. The number of benzene rings is 1. The van der Waals surface area contributed by atoms with Gasteiger partial charge in [-0.3, -0.25) is 9.98 Å². The highest BCUT2D eigenvalue weighted by Gasteiger charge is 2.19. The maximum atomic E-state index is 9.40. The predicted octanol–water partition coefficient (Wildman–Crippen LogP) is 4.84. The second kappa shape index (κ2) is 9.89. The summed E-state index contributed by atoms with van der Waals surface area (Å²) in [6.45, 7) is 11.8. The number of hydrogen-bond donors (Lipinski definition) is 1. The van der Waals surface area contributed by atoms with Crippen molar-refractivity contribution >= 4 is 17.1 Å². The third-order valence-corrected chi connectivity index (χ3v) is 5.25. The highest BCUT2D eigenvalue weighted by atomic mass is 15.0. The van der Waals surface area contributed by atoms with Gasteiger partial charge < -0.3 is 5.32 Å². The summed E-state index contributed by atoms with van der Waals surface area (Å²) < 4.78 is 0. The summed E-state index contributed by atoms with van der Waals surface area (Å²) in [4.78, 5) is 17.2. The zero-order valence-corrected chi connectivity index (χ0v) is 19.6. The number of pyridine rings is 1. The first-order valence-corrected chi connectivity index (χ1v) is 10.5. The van der Waals surface area contributed by atoms with Gasteiger partial charge in [0.15, 0.2) is 0 Å². The molecule has 0 fully saturated rings. The molecule has 1 aromatic carbocycles. The maximum absolute atomic E-state index is 9.40. The van der Waals surface area contributed by atoms with Gasteiger partial charge in [-0.25, -0.2) is 9.97 Å². The van der Waals surface area contributed by atoms with Crippen molar-refractivity contribution in [3.8, 4) is 17.9 Å². The molecule has 0 amide bonds. The summed E-state index contributed by atoms with van der Waals surface area (Å²) in [5, 5.41) is 12.7. The fraction of sp³-hybridized carbons (Fsp3) is 0.222. The van der Waals surface area contributed by atoms with Gasteiger partial charge in [0.2, 0.25) is 0 Å². The van der Waals surface area contributed by atoms with Crippen LogP contribution in [-0.4, -0.2) is 27.8 Å². The molecule has 1 N–H and O–H groups in total. The second-order valence-corrected chi connectivity index (χ2v) is 8.15. The first-order chi connectivity index (χ1) is 15.7. The average molecular weight is 435 g/mol. The van der Waals surface area contributed by atoms with E-state index in [2.05, 4.69) is 49.8 Å². The quantitative estimate of drug-likeness (QED) is 0.361. The smallest absolute Gasteiger partial charge is 0.134 e. The van der Waals surface area contributed by atoms with Gasteiger partial charge in [-0.05, 0) is 57.0 Å². The Labute approximate surface area is 195 Å². The minimum Gasteiger partial charge on any atom is -0.338 e. The van der Waals surface area contributed by atoms with E-state index >= 15 is 0 Å². The number of nitrogens with zero attached hydrogens (tertiary/aromatic N) is 5. The van der Waals surface area contributed by atoms with Crippen molar-refractivity contribution in [2.75, 3.05) is 12.4 Å². The third-order valence-electron chi connectivity index (χ3n) is 5.25. The number of aliphatic imine (C=N–C) groups is 1. The molecular formula is C27H26N6. The molecule has 0 saturated heterocycles. The number of aryl methyl sites for hydroxylation is 2. The van der Waals surface area contributed by atoms with Crippen molar-refractivity contribution < 1.29 is 0 Å². The molecule has 0 unspecified atom stereocenters. The molecule has 0 radical (unpaired) electrons. The van der Waals surface area contributed by atoms with Gasteiger partial charge in [-0.2, -0.15) is 5.26 Å². The molecule has 33 heavy (non-hydrogen) atoms. The Morgan fingerprint density at radius 1 is 1.09 bits per heavy atom. The summed E-state index contributed by atoms with van der Waals surface area (Å²) in [7, 11) is 1.70. The summed E-state index contributed by atoms with van der Waals surface area (Å²) in [5.74, 6) is 6.94. The van der Waals surface area contributed by atoms with Gasteiger partial charge in [0, 0.05) is 36.1 Å². The Kier molecular flexibility index (Phi) is 7.00. The molecule has 0 bridgehead atoms. The van der Waals surface area contributed by atoms with Crippen LogP contribution in [0.3, 0.4) is 0 Å². The summed E-state index contributed by atoms with van der Waals surface area (Å²) >= 11 is 0. The molecule has 0 saturated carbocycles. The van der Waals surface area contributed by atoms with Crippen LogP contribution < -0.4 is 5.32 Å². The largest absolute Gasteiger partial charge is 0.338 e. The minimum absolute atomic E-state index is 0.569. The molecule has 3 aromatic rings. The molecule has 0 aliphatic heterocycles. The number of nitrogens with one attached hydrogen (secondary N) is 1. The van der Waals surface area contributed by atoms with Crippen molar-refractivity contribution in [2.24, 2.45) is 4.99 Å². The van der Waals surface area contributed by atoms with E-state index in [0.717, 1.165) is 39.3 Å². The van der Waals surface area contributed by atoms with E-state index in [-0.39, 0.29) is 0 Å². The Bertz CT molecular complexity index is 1330. The topological polar surface area (TPSA) is 86.9 Å². The van der Waals surface area contributed by atoms with E-state index in [1.165, 1.54) is 6.33 Å². The fourth-order valence-electron chi connectivity index (χ4n) is 3.14. The molecule has 2 aromatic heterocycles. The molecule has 3 rings (SSSR count). The summed E-state index contributed by atoms with van der Waals surface area (Å²) in [5.41, 5.74) is 5.89. The van der Waals surface area contributed by atoms with Crippen LogP contribution in [0.25, 0.3) is 5.57 Å². The first kappa shape index (κ1) is 23.4. The molecule has 164 valence electrons. The van der Waals surface area contributed by atoms with Crippen LogP contribution in [0.1, 0.15) is 47.5 Å². The van der Waals surface area contributed by atoms with E-state index in [0.29, 0.717) is 11.4 Å².